The van der Waals surface area contributed by atoms with Gasteiger partial charge in [-0.3, -0.25) is 0 Å². The summed E-state index contributed by atoms with van der Waals surface area (Å²) < 4.78 is 12.4. The molecule has 0 saturated carbocycles. The van der Waals surface area contributed by atoms with E-state index in [0.29, 0.717) is 9.92 Å². The summed E-state index contributed by atoms with van der Waals surface area (Å²) in [5, 5.41) is 9.06. The lowest BCUT2D eigenvalue weighted by atomic mass is 10.2. The minimum absolute atomic E-state index is 0.510. The van der Waals surface area contributed by atoms with Crippen molar-refractivity contribution in [1.29, 1.82) is 5.26 Å². The van der Waals surface area contributed by atoms with Crippen LogP contribution in [0, 0.1) is 11.3 Å². The van der Waals surface area contributed by atoms with Crippen molar-refractivity contribution in [3.63, 3.8) is 0 Å². The normalized spacial score (nSPS) is 12.2. The minimum atomic E-state index is -1.33. The van der Waals surface area contributed by atoms with E-state index >= 15 is 0 Å². The minimum Gasteiger partial charge on any atom is -0.247 e. The molecule has 1 aromatic carbocycles. The fourth-order valence-corrected chi connectivity index (χ4v) is 2.62. The van der Waals surface area contributed by atoms with Crippen molar-refractivity contribution >= 4 is 16.9 Å². The maximum absolute atomic E-state index is 12.4. The molecular formula is C14H10N2OS. The largest absolute Gasteiger partial charge is 0.247 e. The Hall–Kier alpha value is -2.25. The van der Waals surface area contributed by atoms with Gasteiger partial charge in [0.15, 0.2) is 0 Å². The SMILES string of the molecule is N#C/C=C/c1ccccc1S(=O)c1ccccn1. The van der Waals surface area contributed by atoms with Gasteiger partial charge in [0.1, 0.15) is 15.8 Å². The Bertz CT molecular complexity index is 630. The van der Waals surface area contributed by atoms with Crippen LogP contribution >= 0.6 is 0 Å². The number of allylic oxidation sites excluding steroid dienone is 1. The second-order valence-corrected chi connectivity index (χ2v) is 4.83. The number of aromatic nitrogens is 1. The number of nitrogens with zero attached hydrogens (tertiary/aromatic N) is 2. The first-order chi connectivity index (χ1) is 8.83. The number of nitriles is 1. The Morgan fingerprint density at radius 3 is 2.67 bits per heavy atom. The summed E-state index contributed by atoms with van der Waals surface area (Å²) in [4.78, 5) is 4.74. The summed E-state index contributed by atoms with van der Waals surface area (Å²) in [5.74, 6) is 0. The van der Waals surface area contributed by atoms with Gasteiger partial charge in [0.25, 0.3) is 0 Å². The molecule has 0 aliphatic rings. The van der Waals surface area contributed by atoms with E-state index in [-0.39, 0.29) is 0 Å². The number of hydrogen-bond donors (Lipinski definition) is 0. The molecular weight excluding hydrogens is 244 g/mol. The zero-order valence-corrected chi connectivity index (χ0v) is 10.3. The Morgan fingerprint density at radius 1 is 1.17 bits per heavy atom. The molecule has 3 nitrogen and oxygen atoms in total. The number of benzene rings is 1. The first-order valence-electron chi connectivity index (χ1n) is 5.31. The van der Waals surface area contributed by atoms with Crippen molar-refractivity contribution in [2.75, 3.05) is 0 Å². The Labute approximate surface area is 108 Å². The van der Waals surface area contributed by atoms with Crippen molar-refractivity contribution < 1.29 is 4.21 Å². The molecule has 1 atom stereocenters. The van der Waals surface area contributed by atoms with Gasteiger partial charge in [0, 0.05) is 12.3 Å². The lowest BCUT2D eigenvalue weighted by Gasteiger charge is -2.04. The fraction of sp³-hybridized carbons (Fsp3) is 0. The second-order valence-electron chi connectivity index (χ2n) is 3.44. The molecule has 1 heterocycles. The Morgan fingerprint density at radius 2 is 1.94 bits per heavy atom. The third-order valence-corrected chi connectivity index (χ3v) is 3.68. The predicted molar refractivity (Wildman–Crippen MR) is 70.0 cm³/mol. The van der Waals surface area contributed by atoms with Gasteiger partial charge < -0.3 is 0 Å². The molecule has 2 rings (SSSR count). The topological polar surface area (TPSA) is 53.8 Å². The van der Waals surface area contributed by atoms with Gasteiger partial charge in [-0.05, 0) is 29.8 Å². The third kappa shape index (κ3) is 2.70. The molecule has 1 aromatic heterocycles. The van der Waals surface area contributed by atoms with E-state index in [4.69, 9.17) is 5.26 Å². The Kier molecular flexibility index (Phi) is 4.00. The monoisotopic (exact) mass is 254 g/mol. The summed E-state index contributed by atoms with van der Waals surface area (Å²) in [5.41, 5.74) is 0.767. The summed E-state index contributed by atoms with van der Waals surface area (Å²) in [6.45, 7) is 0. The molecule has 0 amide bonds. The predicted octanol–water partition coefficient (Wildman–Crippen LogP) is 2.79. The maximum atomic E-state index is 12.4. The smallest absolute Gasteiger partial charge is 0.132 e. The van der Waals surface area contributed by atoms with Crippen LogP contribution in [0.1, 0.15) is 5.56 Å². The van der Waals surface area contributed by atoms with Gasteiger partial charge in [-0.2, -0.15) is 5.26 Å². The van der Waals surface area contributed by atoms with Crippen molar-refractivity contribution in [2.45, 2.75) is 9.92 Å². The molecule has 88 valence electrons. The van der Waals surface area contributed by atoms with Gasteiger partial charge in [-0.25, -0.2) is 9.19 Å². The van der Waals surface area contributed by atoms with E-state index in [9.17, 15) is 4.21 Å². The molecule has 2 aromatic rings. The molecule has 0 aliphatic carbocycles. The first-order valence-corrected chi connectivity index (χ1v) is 6.46. The van der Waals surface area contributed by atoms with Crippen LogP contribution in [0.25, 0.3) is 6.08 Å². The number of hydrogen-bond acceptors (Lipinski definition) is 3. The molecule has 1 unspecified atom stereocenters. The quantitative estimate of drug-likeness (QED) is 0.791. The molecule has 0 saturated heterocycles. The molecule has 0 spiro atoms. The van der Waals surface area contributed by atoms with E-state index in [2.05, 4.69) is 4.98 Å². The molecule has 0 N–H and O–H groups in total. The molecule has 18 heavy (non-hydrogen) atoms. The van der Waals surface area contributed by atoms with Crippen LogP contribution in [-0.4, -0.2) is 9.19 Å². The van der Waals surface area contributed by atoms with Crippen LogP contribution in [0.3, 0.4) is 0 Å². The summed E-state index contributed by atoms with van der Waals surface area (Å²) in [7, 11) is -1.33. The van der Waals surface area contributed by atoms with Crippen LogP contribution < -0.4 is 0 Å². The zero-order chi connectivity index (χ0) is 12.8. The molecule has 0 aliphatic heterocycles. The lowest BCUT2D eigenvalue weighted by Crippen LogP contribution is -1.97. The van der Waals surface area contributed by atoms with Crippen molar-refractivity contribution in [2.24, 2.45) is 0 Å². The van der Waals surface area contributed by atoms with Crippen molar-refractivity contribution in [3.8, 4) is 6.07 Å². The maximum Gasteiger partial charge on any atom is 0.132 e. The summed E-state index contributed by atoms with van der Waals surface area (Å²) in [6.07, 6.45) is 4.63. The molecule has 0 fully saturated rings. The van der Waals surface area contributed by atoms with Gasteiger partial charge in [-0.1, -0.05) is 24.3 Å². The molecule has 0 bridgehead atoms. The van der Waals surface area contributed by atoms with Crippen LogP contribution in [0.15, 0.2) is 64.7 Å². The van der Waals surface area contributed by atoms with E-state index < -0.39 is 10.8 Å². The fourth-order valence-electron chi connectivity index (χ4n) is 1.48. The zero-order valence-electron chi connectivity index (χ0n) is 9.48. The highest BCUT2D eigenvalue weighted by Crippen LogP contribution is 2.19. The van der Waals surface area contributed by atoms with E-state index in [1.165, 1.54) is 6.08 Å². The van der Waals surface area contributed by atoms with E-state index in [0.717, 1.165) is 5.56 Å². The van der Waals surface area contributed by atoms with Gasteiger partial charge in [-0.15, -0.1) is 0 Å². The van der Waals surface area contributed by atoms with E-state index in [1.807, 2.05) is 24.3 Å². The lowest BCUT2D eigenvalue weighted by molar-refractivity contribution is 0.680. The van der Waals surface area contributed by atoms with Crippen LogP contribution in [-0.2, 0) is 10.8 Å². The van der Waals surface area contributed by atoms with Gasteiger partial charge >= 0.3 is 0 Å². The van der Waals surface area contributed by atoms with Gasteiger partial charge in [0.2, 0.25) is 0 Å². The van der Waals surface area contributed by atoms with E-state index in [1.54, 1.807) is 36.5 Å². The molecule has 4 heteroatoms. The van der Waals surface area contributed by atoms with Crippen LogP contribution in [0.2, 0.25) is 0 Å². The number of pyridine rings is 1. The van der Waals surface area contributed by atoms with Crippen molar-refractivity contribution in [1.82, 2.24) is 4.98 Å². The Balaban J connectivity index is 2.43. The second kappa shape index (κ2) is 5.89. The average Bonchev–Trinajstić information content (AvgIpc) is 2.45. The summed E-state index contributed by atoms with van der Waals surface area (Å²) in [6, 6.07) is 14.5. The average molecular weight is 254 g/mol. The van der Waals surface area contributed by atoms with Gasteiger partial charge in [0.05, 0.1) is 11.0 Å². The van der Waals surface area contributed by atoms with Crippen LogP contribution in [0.5, 0.6) is 0 Å². The van der Waals surface area contributed by atoms with Crippen LogP contribution in [0.4, 0.5) is 0 Å². The standard InChI is InChI=1S/C14H10N2OS/c15-10-5-7-12-6-1-2-8-13(12)18(17)14-9-3-4-11-16-14/h1-9,11H/b7-5+. The van der Waals surface area contributed by atoms with Crippen molar-refractivity contribution in [3.05, 3.63) is 60.3 Å². The third-order valence-electron chi connectivity index (χ3n) is 2.28. The number of rotatable bonds is 3. The highest BCUT2D eigenvalue weighted by atomic mass is 32.2. The highest BCUT2D eigenvalue weighted by Gasteiger charge is 2.10. The molecule has 0 radical (unpaired) electrons. The first kappa shape index (κ1) is 12.2. The highest BCUT2D eigenvalue weighted by molar-refractivity contribution is 7.85. The summed E-state index contributed by atoms with van der Waals surface area (Å²) >= 11 is 0.